The fourth-order valence-electron chi connectivity index (χ4n) is 3.35. The molecule has 13 heteroatoms. The molecule has 1 saturated carbocycles. The topological polar surface area (TPSA) is 181 Å². The van der Waals surface area contributed by atoms with Crippen molar-refractivity contribution in [1.82, 2.24) is 9.55 Å². The smallest absolute Gasteiger partial charge is 0.184 e. The van der Waals surface area contributed by atoms with Crippen LogP contribution in [-0.2, 0) is 20.8 Å². The maximum atomic E-state index is 11.7. The molecule has 0 aromatic carbocycles. The molecule has 1 heterocycles. The van der Waals surface area contributed by atoms with Gasteiger partial charge in [0.05, 0.1) is 36.4 Å². The van der Waals surface area contributed by atoms with Crippen LogP contribution in [0.5, 0.6) is 0 Å². The van der Waals surface area contributed by atoms with Crippen molar-refractivity contribution >= 4 is 22.7 Å². The molecule has 0 amide bonds. The molecule has 1 aromatic rings. The molecule has 8 atom stereocenters. The van der Waals surface area contributed by atoms with Crippen molar-refractivity contribution in [3.63, 3.8) is 0 Å². The highest BCUT2D eigenvalue weighted by atomic mass is 31.2. The predicted octanol–water partition coefficient (Wildman–Crippen LogP) is -0.218. The molecule has 7 N–H and O–H groups in total. The van der Waals surface area contributed by atoms with Crippen LogP contribution in [0.4, 0.5) is 0 Å². The maximum Gasteiger partial charge on any atom is 0.184 e. The van der Waals surface area contributed by atoms with Crippen molar-refractivity contribution in [2.24, 2.45) is 11.7 Å². The van der Waals surface area contributed by atoms with E-state index < -0.39 is 46.2 Å². The Morgan fingerprint density at radius 2 is 2.21 bits per heavy atom. The molecular weight excluding hydrogens is 424 g/mol. The van der Waals surface area contributed by atoms with Gasteiger partial charge in [0.1, 0.15) is 18.0 Å². The van der Waals surface area contributed by atoms with Crippen LogP contribution >= 0.6 is 17.0 Å². The average molecular weight is 453 g/mol. The highest BCUT2D eigenvalue weighted by molar-refractivity contribution is 7.65. The van der Waals surface area contributed by atoms with Crippen LogP contribution in [0.2, 0.25) is 0 Å². The number of imidazole rings is 1. The summed E-state index contributed by atoms with van der Waals surface area (Å²) in [6.07, 6.45) is 2.06. The number of nitrogens with zero attached hydrogens (tertiary/aromatic N) is 2. The van der Waals surface area contributed by atoms with Gasteiger partial charge in [-0.3, -0.25) is 10.1 Å². The third-order valence-corrected chi connectivity index (χ3v) is 8.81. The van der Waals surface area contributed by atoms with E-state index >= 15 is 0 Å². The third-order valence-electron chi connectivity index (χ3n) is 4.93. The minimum atomic E-state index is -2.21. The van der Waals surface area contributed by atoms with E-state index in [1.54, 1.807) is 10.8 Å². The number of rotatable bonds is 12. The van der Waals surface area contributed by atoms with Gasteiger partial charge in [0.25, 0.3) is 0 Å². The summed E-state index contributed by atoms with van der Waals surface area (Å²) in [7, 11) is -2.98. The molecule has 1 aliphatic carbocycles. The Hall–Kier alpha value is -0.580. The van der Waals surface area contributed by atoms with E-state index in [2.05, 4.69) is 9.87 Å². The van der Waals surface area contributed by atoms with Gasteiger partial charge >= 0.3 is 0 Å². The molecule has 0 radical (unpaired) electrons. The second-order valence-corrected chi connectivity index (χ2v) is 10.9. The van der Waals surface area contributed by atoms with Gasteiger partial charge in [-0.2, -0.15) is 0 Å². The summed E-state index contributed by atoms with van der Waals surface area (Å²) in [6.45, 7) is 1.13. The summed E-state index contributed by atoms with van der Waals surface area (Å²) in [5.74, 6) is -0.512. The molecule has 11 nitrogen and oxygen atoms in total. The lowest BCUT2D eigenvalue weighted by Gasteiger charge is -2.37. The first-order valence-corrected chi connectivity index (χ1v) is 11.5. The van der Waals surface area contributed by atoms with Crippen LogP contribution < -0.4 is 5.73 Å². The molecule has 0 aliphatic heterocycles. The Morgan fingerprint density at radius 1 is 1.48 bits per heavy atom. The number of hydrogen-bond acceptors (Lipinski definition) is 10. The lowest BCUT2D eigenvalue weighted by molar-refractivity contribution is -0.284. The number of Topliss-reactive ketones (excluding diaryl/α,β-unsaturated/α-hetero) is 1. The van der Waals surface area contributed by atoms with Gasteiger partial charge in [-0.25, -0.2) is 9.87 Å². The first-order valence-electron chi connectivity index (χ1n) is 9.19. The minimum absolute atomic E-state index is 0.0821. The number of carbonyl (C=O) groups is 1. The van der Waals surface area contributed by atoms with Crippen molar-refractivity contribution in [1.29, 1.82) is 0 Å². The van der Waals surface area contributed by atoms with Crippen molar-refractivity contribution in [3.8, 4) is 0 Å². The van der Waals surface area contributed by atoms with Gasteiger partial charge in [0.2, 0.25) is 0 Å². The third kappa shape index (κ3) is 6.45. The number of ketones is 1. The van der Waals surface area contributed by atoms with E-state index in [-0.39, 0.29) is 31.2 Å². The summed E-state index contributed by atoms with van der Waals surface area (Å²) in [4.78, 5) is 31.3. The van der Waals surface area contributed by atoms with Crippen LogP contribution in [-0.4, -0.2) is 76.6 Å². The zero-order chi connectivity index (χ0) is 21.6. The Morgan fingerprint density at radius 3 is 2.76 bits per heavy atom. The predicted molar refractivity (Wildman–Crippen MR) is 106 cm³/mol. The second-order valence-electron chi connectivity index (χ2n) is 7.17. The standard InChI is InChI=1S/C16H29N3O8P2/c1-10(20)15(22)27-28-16(23,8-19-5-4-18-9-19)29(25)13-3-2-11(14(13)26-24)6-12(21)7-17/h4-5,9-11,13-15,20,22-25,28H,2-3,6-8,17H2,1H3/t10-,11?,13?,14?,15?,16?,29-/m0/s1. The number of hydrogen-bond donors (Lipinski definition) is 6. The van der Waals surface area contributed by atoms with Crippen LogP contribution in [0.15, 0.2) is 18.7 Å². The van der Waals surface area contributed by atoms with Gasteiger partial charge in [-0.15, -0.1) is 0 Å². The average Bonchev–Trinajstić information content (AvgIpc) is 3.34. The van der Waals surface area contributed by atoms with Gasteiger partial charge in [-0.05, 0) is 25.7 Å². The highest BCUT2D eigenvalue weighted by Gasteiger charge is 2.50. The maximum absolute atomic E-state index is 11.7. The first-order chi connectivity index (χ1) is 13.7. The SMILES string of the molecule is C[C@H](O)C(O)OPC(O)(Cn1ccnc1)[P@@](O)C1CCC(CC(=O)CN)C1OO. The molecule has 2 rings (SSSR count). The van der Waals surface area contributed by atoms with Crippen molar-refractivity contribution in [2.45, 2.75) is 62.0 Å². The van der Waals surface area contributed by atoms with E-state index in [9.17, 15) is 30.3 Å². The second kappa shape index (κ2) is 11.2. The molecular formula is C16H29N3O8P2. The fourth-order valence-corrected chi connectivity index (χ4v) is 6.96. The van der Waals surface area contributed by atoms with Crippen LogP contribution in [0.25, 0.3) is 0 Å². The Kier molecular flexibility index (Phi) is 9.50. The number of aliphatic hydroxyl groups excluding tert-OH is 2. The molecule has 166 valence electrons. The van der Waals surface area contributed by atoms with E-state index in [1.165, 1.54) is 19.4 Å². The molecule has 0 bridgehead atoms. The summed E-state index contributed by atoms with van der Waals surface area (Å²) >= 11 is 0. The normalized spacial score (nSPS) is 27.8. The summed E-state index contributed by atoms with van der Waals surface area (Å²) < 4.78 is 6.76. The van der Waals surface area contributed by atoms with E-state index in [0.717, 1.165) is 0 Å². The van der Waals surface area contributed by atoms with E-state index in [0.29, 0.717) is 12.8 Å². The fraction of sp³-hybridized carbons (Fsp3) is 0.750. The van der Waals surface area contributed by atoms with Crippen LogP contribution in [0.1, 0.15) is 26.2 Å². The zero-order valence-corrected chi connectivity index (χ0v) is 17.9. The Bertz CT molecular complexity index is 638. The van der Waals surface area contributed by atoms with Crippen LogP contribution in [0, 0.1) is 5.92 Å². The Balaban J connectivity index is 2.18. The Labute approximate surface area is 171 Å². The zero-order valence-electron chi connectivity index (χ0n) is 16.0. The van der Waals surface area contributed by atoms with Crippen molar-refractivity contribution in [2.75, 3.05) is 6.54 Å². The molecule has 1 aliphatic rings. The van der Waals surface area contributed by atoms with Crippen LogP contribution in [0.3, 0.4) is 0 Å². The number of nitrogens with two attached hydrogens (primary N) is 1. The monoisotopic (exact) mass is 453 g/mol. The lowest BCUT2D eigenvalue weighted by Crippen LogP contribution is -2.37. The summed E-state index contributed by atoms with van der Waals surface area (Å²) in [6, 6.07) is 0. The van der Waals surface area contributed by atoms with Crippen molar-refractivity contribution < 1.29 is 39.7 Å². The molecule has 0 saturated heterocycles. The summed E-state index contributed by atoms with van der Waals surface area (Å²) in [5.41, 5.74) is 4.74. The molecule has 6 unspecified atom stereocenters. The van der Waals surface area contributed by atoms with Gasteiger partial charge < -0.3 is 35.0 Å². The van der Waals surface area contributed by atoms with E-state index in [1.807, 2.05) is 0 Å². The number of carbonyl (C=O) groups excluding carboxylic acids is 1. The molecule has 29 heavy (non-hydrogen) atoms. The van der Waals surface area contributed by atoms with E-state index in [4.69, 9.17) is 10.3 Å². The highest BCUT2D eigenvalue weighted by Crippen LogP contribution is 2.63. The van der Waals surface area contributed by atoms with Gasteiger partial charge in [-0.1, -0.05) is 0 Å². The number of aliphatic hydroxyl groups is 3. The number of aromatic nitrogens is 2. The largest absolute Gasteiger partial charge is 0.388 e. The van der Waals surface area contributed by atoms with Gasteiger partial charge in [0, 0.05) is 24.5 Å². The van der Waals surface area contributed by atoms with Gasteiger partial charge in [0.15, 0.2) is 11.4 Å². The summed E-state index contributed by atoms with van der Waals surface area (Å²) in [5, 5.41) is 38.1. The quantitative estimate of drug-likeness (QED) is 0.107. The molecule has 1 fully saturated rings. The molecule has 1 aromatic heterocycles. The first kappa shape index (κ1) is 24.7. The molecule has 0 spiro atoms. The minimum Gasteiger partial charge on any atom is -0.388 e. The lowest BCUT2D eigenvalue weighted by atomic mass is 9.99. The van der Waals surface area contributed by atoms with Crippen molar-refractivity contribution in [3.05, 3.63) is 18.7 Å².